The van der Waals surface area contributed by atoms with E-state index in [2.05, 4.69) is 5.32 Å². The molecule has 0 bridgehead atoms. The second-order valence-electron chi connectivity index (χ2n) is 7.64. The number of aryl methyl sites for hydroxylation is 2. The van der Waals surface area contributed by atoms with E-state index in [9.17, 15) is 14.4 Å². The van der Waals surface area contributed by atoms with Crippen LogP contribution < -0.4 is 14.8 Å². The van der Waals surface area contributed by atoms with Crippen LogP contribution in [0.3, 0.4) is 0 Å². The fourth-order valence-corrected chi connectivity index (χ4v) is 3.88. The van der Waals surface area contributed by atoms with Crippen molar-refractivity contribution in [3.63, 3.8) is 0 Å². The van der Waals surface area contributed by atoms with E-state index in [1.54, 1.807) is 25.1 Å². The van der Waals surface area contributed by atoms with Gasteiger partial charge in [0.1, 0.15) is 5.54 Å². The number of Topliss-reactive ketones (excluding diaryl/α,β-unsaturated/α-hetero) is 1. The fourth-order valence-electron chi connectivity index (χ4n) is 3.88. The minimum atomic E-state index is -1.28. The molecule has 0 saturated carbocycles. The number of urea groups is 1. The Morgan fingerprint density at radius 1 is 1.07 bits per heavy atom. The van der Waals surface area contributed by atoms with Crippen molar-refractivity contribution in [1.29, 1.82) is 0 Å². The van der Waals surface area contributed by atoms with Gasteiger partial charge in [-0.15, -0.1) is 0 Å². The molecule has 1 atom stereocenters. The minimum Gasteiger partial charge on any atom is -0.454 e. The molecule has 0 spiro atoms. The molecular weight excluding hydrogens is 384 g/mol. The number of fused-ring (bicyclic) bond motifs is 1. The third-order valence-electron chi connectivity index (χ3n) is 5.79. The van der Waals surface area contributed by atoms with Crippen LogP contribution in [-0.4, -0.2) is 36.0 Å². The molecule has 156 valence electrons. The van der Waals surface area contributed by atoms with Crippen LogP contribution in [0.4, 0.5) is 4.79 Å². The number of carbonyl (C=O) groups is 3. The zero-order valence-electron chi connectivity index (χ0n) is 17.3. The summed E-state index contributed by atoms with van der Waals surface area (Å²) in [7, 11) is 0. The SMILES string of the molecule is CCc1ccc(CC)c(C(=O)CN2C(=O)NC(C)(c3ccc4c(c3)OCO4)C2=O)c1. The zero-order valence-corrected chi connectivity index (χ0v) is 17.3. The van der Waals surface area contributed by atoms with Crippen LogP contribution in [0.5, 0.6) is 11.5 Å². The van der Waals surface area contributed by atoms with Crippen molar-refractivity contribution in [2.24, 2.45) is 0 Å². The van der Waals surface area contributed by atoms with E-state index in [-0.39, 0.29) is 19.1 Å². The summed E-state index contributed by atoms with van der Waals surface area (Å²) in [4.78, 5) is 39.9. The molecular formula is C23H24N2O5. The van der Waals surface area contributed by atoms with Crippen LogP contribution in [-0.2, 0) is 23.2 Å². The Morgan fingerprint density at radius 2 is 1.83 bits per heavy atom. The molecule has 2 aromatic carbocycles. The Bertz CT molecular complexity index is 1050. The van der Waals surface area contributed by atoms with Gasteiger partial charge in [-0.25, -0.2) is 4.79 Å². The lowest BCUT2D eigenvalue weighted by Crippen LogP contribution is -2.41. The van der Waals surface area contributed by atoms with Gasteiger partial charge in [-0.05, 0) is 54.7 Å². The van der Waals surface area contributed by atoms with E-state index in [4.69, 9.17) is 9.47 Å². The monoisotopic (exact) mass is 408 g/mol. The van der Waals surface area contributed by atoms with E-state index in [1.165, 1.54) is 0 Å². The molecule has 30 heavy (non-hydrogen) atoms. The first kappa shape index (κ1) is 19.9. The molecule has 0 radical (unpaired) electrons. The Kier molecular flexibility index (Phi) is 4.97. The number of hydrogen-bond donors (Lipinski definition) is 1. The van der Waals surface area contributed by atoms with Crippen LogP contribution >= 0.6 is 0 Å². The highest BCUT2D eigenvalue weighted by Crippen LogP contribution is 2.37. The normalized spacial score (nSPS) is 19.9. The number of hydrogen-bond acceptors (Lipinski definition) is 5. The molecule has 2 aliphatic heterocycles. The number of benzene rings is 2. The van der Waals surface area contributed by atoms with Crippen molar-refractivity contribution in [3.8, 4) is 11.5 Å². The Hall–Kier alpha value is -3.35. The summed E-state index contributed by atoms with van der Waals surface area (Å²) >= 11 is 0. The summed E-state index contributed by atoms with van der Waals surface area (Å²) < 4.78 is 10.7. The summed E-state index contributed by atoms with van der Waals surface area (Å²) in [5.74, 6) is 0.397. The standard InChI is InChI=1S/C23H24N2O5/c1-4-14-6-7-15(5-2)17(10-14)18(26)12-25-21(27)23(3,24-22(25)28)16-8-9-19-20(11-16)30-13-29-19/h6-11H,4-5,12-13H2,1-3H3,(H,24,28). The van der Waals surface area contributed by atoms with Crippen LogP contribution in [0.1, 0.15) is 47.8 Å². The average Bonchev–Trinajstić information content (AvgIpc) is 3.31. The van der Waals surface area contributed by atoms with Crippen molar-refractivity contribution >= 4 is 17.7 Å². The van der Waals surface area contributed by atoms with E-state index in [0.29, 0.717) is 29.0 Å². The van der Waals surface area contributed by atoms with E-state index >= 15 is 0 Å². The number of imide groups is 1. The number of ketones is 1. The highest BCUT2D eigenvalue weighted by Gasteiger charge is 2.50. The van der Waals surface area contributed by atoms with Gasteiger partial charge in [0.25, 0.3) is 5.91 Å². The first-order valence-electron chi connectivity index (χ1n) is 10.1. The highest BCUT2D eigenvalue weighted by atomic mass is 16.7. The molecule has 4 rings (SSSR count). The van der Waals surface area contributed by atoms with Gasteiger partial charge in [0, 0.05) is 5.56 Å². The lowest BCUT2D eigenvalue weighted by atomic mass is 9.91. The summed E-state index contributed by atoms with van der Waals surface area (Å²) in [6.45, 7) is 5.44. The van der Waals surface area contributed by atoms with Gasteiger partial charge < -0.3 is 14.8 Å². The lowest BCUT2D eigenvalue weighted by Gasteiger charge is -2.22. The van der Waals surface area contributed by atoms with Crippen molar-refractivity contribution in [2.45, 2.75) is 39.2 Å². The molecule has 1 fully saturated rings. The average molecular weight is 408 g/mol. The molecule has 0 aromatic heterocycles. The predicted molar refractivity (Wildman–Crippen MR) is 110 cm³/mol. The maximum atomic E-state index is 13.2. The fraction of sp³-hybridized carbons (Fsp3) is 0.348. The van der Waals surface area contributed by atoms with Gasteiger partial charge in [0.15, 0.2) is 17.3 Å². The second-order valence-corrected chi connectivity index (χ2v) is 7.64. The summed E-state index contributed by atoms with van der Waals surface area (Å²) in [5.41, 5.74) is 1.80. The topological polar surface area (TPSA) is 84.9 Å². The quantitative estimate of drug-likeness (QED) is 0.586. The third kappa shape index (κ3) is 3.20. The van der Waals surface area contributed by atoms with E-state index in [0.717, 1.165) is 22.4 Å². The Morgan fingerprint density at radius 3 is 2.57 bits per heavy atom. The molecule has 7 nitrogen and oxygen atoms in total. The summed E-state index contributed by atoms with van der Waals surface area (Å²) in [6.07, 6.45) is 1.50. The van der Waals surface area contributed by atoms with Gasteiger partial charge in [-0.1, -0.05) is 32.0 Å². The zero-order chi connectivity index (χ0) is 21.5. The second kappa shape index (κ2) is 7.48. The van der Waals surface area contributed by atoms with Gasteiger partial charge in [-0.2, -0.15) is 0 Å². The maximum Gasteiger partial charge on any atom is 0.325 e. The molecule has 0 aliphatic carbocycles. The summed E-state index contributed by atoms with van der Waals surface area (Å²) in [6, 6.07) is 10.3. The molecule has 2 heterocycles. The Balaban J connectivity index is 1.60. The minimum absolute atomic E-state index is 0.118. The van der Waals surface area contributed by atoms with Crippen LogP contribution in [0.25, 0.3) is 0 Å². The number of nitrogens with one attached hydrogen (secondary N) is 1. The first-order chi connectivity index (χ1) is 14.4. The summed E-state index contributed by atoms with van der Waals surface area (Å²) in [5, 5.41) is 2.73. The van der Waals surface area contributed by atoms with E-state index < -0.39 is 17.5 Å². The van der Waals surface area contributed by atoms with Gasteiger partial charge >= 0.3 is 6.03 Å². The molecule has 1 N–H and O–H groups in total. The molecule has 1 unspecified atom stereocenters. The molecule has 7 heteroatoms. The van der Waals surface area contributed by atoms with Crippen LogP contribution in [0.15, 0.2) is 36.4 Å². The predicted octanol–water partition coefficient (Wildman–Crippen LogP) is 3.19. The smallest absolute Gasteiger partial charge is 0.325 e. The molecule has 3 amide bonds. The molecule has 2 aliphatic rings. The van der Waals surface area contributed by atoms with Crippen molar-refractivity contribution in [3.05, 3.63) is 58.7 Å². The number of carbonyl (C=O) groups excluding carboxylic acids is 3. The number of nitrogens with zero attached hydrogens (tertiary/aromatic N) is 1. The first-order valence-corrected chi connectivity index (χ1v) is 10.1. The highest BCUT2D eigenvalue weighted by molar-refractivity contribution is 6.11. The van der Waals surface area contributed by atoms with Gasteiger partial charge in [-0.3, -0.25) is 14.5 Å². The van der Waals surface area contributed by atoms with E-state index in [1.807, 2.05) is 32.0 Å². The van der Waals surface area contributed by atoms with Crippen molar-refractivity contribution in [1.82, 2.24) is 10.2 Å². The Labute approximate surface area is 175 Å². The molecule has 2 aromatic rings. The van der Waals surface area contributed by atoms with Crippen LogP contribution in [0, 0.1) is 0 Å². The van der Waals surface area contributed by atoms with Gasteiger partial charge in [0.05, 0.1) is 6.54 Å². The third-order valence-corrected chi connectivity index (χ3v) is 5.79. The number of rotatable bonds is 6. The largest absolute Gasteiger partial charge is 0.454 e. The maximum absolute atomic E-state index is 13.2. The van der Waals surface area contributed by atoms with Crippen LogP contribution in [0.2, 0.25) is 0 Å². The number of ether oxygens (including phenoxy) is 2. The number of amides is 3. The van der Waals surface area contributed by atoms with Crippen molar-refractivity contribution in [2.75, 3.05) is 13.3 Å². The van der Waals surface area contributed by atoms with Crippen molar-refractivity contribution < 1.29 is 23.9 Å². The molecule has 1 saturated heterocycles. The van der Waals surface area contributed by atoms with Gasteiger partial charge in [0.2, 0.25) is 6.79 Å². The lowest BCUT2D eigenvalue weighted by molar-refractivity contribution is -0.130.